The normalized spacial score (nSPS) is 22.1. The number of nitrogens with zero attached hydrogens (tertiary/aromatic N) is 1. The summed E-state index contributed by atoms with van der Waals surface area (Å²) in [6.07, 6.45) is 1.69. The number of carbonyl (C=O) groups excluding carboxylic acids is 1. The van der Waals surface area contributed by atoms with Crippen molar-refractivity contribution >= 4 is 11.9 Å². The van der Waals surface area contributed by atoms with Crippen molar-refractivity contribution < 1.29 is 14.7 Å². The third kappa shape index (κ3) is 2.59. The van der Waals surface area contributed by atoms with Gasteiger partial charge in [0.15, 0.2) is 0 Å². The Balaban J connectivity index is 2.48. The van der Waals surface area contributed by atoms with Crippen LogP contribution in [0.2, 0.25) is 0 Å². The predicted molar refractivity (Wildman–Crippen MR) is 76.3 cm³/mol. The Bertz CT molecular complexity index is 545. The Kier molecular flexibility index (Phi) is 3.93. The van der Waals surface area contributed by atoms with E-state index in [4.69, 9.17) is 0 Å². The largest absolute Gasteiger partial charge is 0.481 e. The minimum absolute atomic E-state index is 0.0564. The van der Waals surface area contributed by atoms with Gasteiger partial charge in [-0.3, -0.25) is 9.59 Å². The number of rotatable bonds is 4. The zero-order valence-corrected chi connectivity index (χ0v) is 11.8. The summed E-state index contributed by atoms with van der Waals surface area (Å²) in [5.41, 5.74) is 3.03. The lowest BCUT2D eigenvalue weighted by Crippen LogP contribution is -2.30. The lowest BCUT2D eigenvalue weighted by molar-refractivity contribution is -0.142. The van der Waals surface area contributed by atoms with Crippen molar-refractivity contribution in [2.24, 2.45) is 5.92 Å². The van der Waals surface area contributed by atoms with E-state index in [1.165, 1.54) is 0 Å². The average Bonchev–Trinajstić information content (AvgIpc) is 2.66. The molecule has 4 heteroatoms. The number of carboxylic acid groups (broad SMARTS) is 1. The highest BCUT2D eigenvalue weighted by molar-refractivity contribution is 5.87. The van der Waals surface area contributed by atoms with Crippen LogP contribution in [0.3, 0.4) is 0 Å². The van der Waals surface area contributed by atoms with Gasteiger partial charge in [-0.2, -0.15) is 0 Å². The molecule has 1 aliphatic rings. The van der Waals surface area contributed by atoms with Crippen LogP contribution < -0.4 is 0 Å². The SMILES string of the molecule is C=CCN1C(=O)CC(C(=O)O)C1c1cc(C)cc(C)c1. The number of aryl methyl sites for hydroxylation is 2. The lowest BCUT2D eigenvalue weighted by atomic mass is 9.91. The monoisotopic (exact) mass is 273 g/mol. The fourth-order valence-electron chi connectivity index (χ4n) is 2.96. The van der Waals surface area contributed by atoms with Gasteiger partial charge in [-0.25, -0.2) is 0 Å². The number of likely N-dealkylation sites (tertiary alicyclic amines) is 1. The molecule has 1 aliphatic heterocycles. The molecule has 1 aromatic carbocycles. The number of carbonyl (C=O) groups is 2. The van der Waals surface area contributed by atoms with Crippen molar-refractivity contribution in [1.82, 2.24) is 4.90 Å². The van der Waals surface area contributed by atoms with E-state index in [-0.39, 0.29) is 12.3 Å². The molecule has 1 amide bonds. The molecule has 0 radical (unpaired) electrons. The van der Waals surface area contributed by atoms with Crippen LogP contribution >= 0.6 is 0 Å². The van der Waals surface area contributed by atoms with Crippen LogP contribution in [-0.2, 0) is 9.59 Å². The molecule has 0 aliphatic carbocycles. The van der Waals surface area contributed by atoms with E-state index in [9.17, 15) is 14.7 Å². The van der Waals surface area contributed by atoms with Crippen LogP contribution in [0.5, 0.6) is 0 Å². The van der Waals surface area contributed by atoms with Crippen LogP contribution in [0, 0.1) is 19.8 Å². The van der Waals surface area contributed by atoms with E-state index in [1.807, 2.05) is 32.0 Å². The fourth-order valence-corrected chi connectivity index (χ4v) is 2.96. The molecule has 0 saturated carbocycles. The maximum absolute atomic E-state index is 12.0. The van der Waals surface area contributed by atoms with Gasteiger partial charge >= 0.3 is 5.97 Å². The van der Waals surface area contributed by atoms with Crippen molar-refractivity contribution in [1.29, 1.82) is 0 Å². The fraction of sp³-hybridized carbons (Fsp3) is 0.375. The first kappa shape index (κ1) is 14.3. The van der Waals surface area contributed by atoms with E-state index in [0.29, 0.717) is 6.54 Å². The first-order valence-corrected chi connectivity index (χ1v) is 6.65. The Hall–Kier alpha value is -2.10. The van der Waals surface area contributed by atoms with Crippen molar-refractivity contribution in [2.45, 2.75) is 26.3 Å². The molecule has 2 unspecified atom stereocenters. The third-order valence-corrected chi connectivity index (χ3v) is 3.66. The van der Waals surface area contributed by atoms with Crippen molar-refractivity contribution in [3.05, 3.63) is 47.5 Å². The summed E-state index contributed by atoms with van der Waals surface area (Å²) in [7, 11) is 0. The number of hydrogen-bond donors (Lipinski definition) is 1. The third-order valence-electron chi connectivity index (χ3n) is 3.66. The molecule has 0 aromatic heterocycles. The van der Waals surface area contributed by atoms with Crippen molar-refractivity contribution in [3.8, 4) is 0 Å². The second-order valence-corrected chi connectivity index (χ2v) is 5.35. The van der Waals surface area contributed by atoms with E-state index >= 15 is 0 Å². The number of benzene rings is 1. The molecule has 106 valence electrons. The number of carboxylic acids is 1. The molecule has 2 rings (SSSR count). The highest BCUT2D eigenvalue weighted by Gasteiger charge is 2.44. The molecule has 4 nitrogen and oxygen atoms in total. The highest BCUT2D eigenvalue weighted by Crippen LogP contribution is 2.38. The summed E-state index contributed by atoms with van der Waals surface area (Å²) in [5, 5.41) is 9.38. The molecule has 0 spiro atoms. The van der Waals surface area contributed by atoms with Gasteiger partial charge in [0.2, 0.25) is 5.91 Å². The molecule has 0 bridgehead atoms. The van der Waals surface area contributed by atoms with Crippen molar-refractivity contribution in [2.75, 3.05) is 6.54 Å². The summed E-state index contributed by atoms with van der Waals surface area (Å²) < 4.78 is 0. The Labute approximate surface area is 118 Å². The molecule has 1 heterocycles. The van der Waals surface area contributed by atoms with Gasteiger partial charge < -0.3 is 10.0 Å². The second-order valence-electron chi connectivity index (χ2n) is 5.35. The minimum Gasteiger partial charge on any atom is -0.481 e. The standard InChI is InChI=1S/C16H19NO3/c1-4-5-17-14(18)9-13(16(19)20)15(17)12-7-10(2)6-11(3)8-12/h4,6-8,13,15H,1,5,9H2,2-3H3,(H,19,20). The Morgan fingerprint density at radius 3 is 2.50 bits per heavy atom. The number of aliphatic carboxylic acids is 1. The van der Waals surface area contributed by atoms with E-state index in [2.05, 4.69) is 6.58 Å². The van der Waals surface area contributed by atoms with Gasteiger partial charge in [0.25, 0.3) is 0 Å². The summed E-state index contributed by atoms with van der Waals surface area (Å²) in [4.78, 5) is 25.1. The summed E-state index contributed by atoms with van der Waals surface area (Å²) in [5.74, 6) is -1.74. The van der Waals surface area contributed by atoms with Crippen molar-refractivity contribution in [3.63, 3.8) is 0 Å². The molecular weight excluding hydrogens is 254 g/mol. The van der Waals surface area contributed by atoms with Gasteiger partial charge in [0.1, 0.15) is 0 Å². The van der Waals surface area contributed by atoms with Gasteiger partial charge in [-0.1, -0.05) is 35.4 Å². The van der Waals surface area contributed by atoms with Crippen LogP contribution in [0.1, 0.15) is 29.2 Å². The van der Waals surface area contributed by atoms with E-state index < -0.39 is 17.9 Å². The molecular formula is C16H19NO3. The molecule has 1 aromatic rings. The van der Waals surface area contributed by atoms with Crippen LogP contribution in [0.15, 0.2) is 30.9 Å². The first-order chi connectivity index (χ1) is 9.43. The first-order valence-electron chi connectivity index (χ1n) is 6.65. The van der Waals surface area contributed by atoms with Gasteiger partial charge in [-0.05, 0) is 19.4 Å². The summed E-state index contributed by atoms with van der Waals surface area (Å²) >= 11 is 0. The maximum Gasteiger partial charge on any atom is 0.309 e. The van der Waals surface area contributed by atoms with Gasteiger partial charge in [-0.15, -0.1) is 6.58 Å². The quantitative estimate of drug-likeness (QED) is 0.857. The van der Waals surface area contributed by atoms with E-state index in [0.717, 1.165) is 16.7 Å². The average molecular weight is 273 g/mol. The zero-order valence-electron chi connectivity index (χ0n) is 11.8. The molecule has 2 atom stereocenters. The van der Waals surface area contributed by atoms with Crippen LogP contribution in [-0.4, -0.2) is 28.4 Å². The second kappa shape index (κ2) is 5.49. The van der Waals surface area contributed by atoms with Crippen LogP contribution in [0.25, 0.3) is 0 Å². The maximum atomic E-state index is 12.0. The zero-order chi connectivity index (χ0) is 14.9. The molecule has 1 fully saturated rings. The number of hydrogen-bond acceptors (Lipinski definition) is 2. The highest BCUT2D eigenvalue weighted by atomic mass is 16.4. The van der Waals surface area contributed by atoms with E-state index in [1.54, 1.807) is 11.0 Å². The molecule has 1 saturated heterocycles. The summed E-state index contributed by atoms with van der Waals surface area (Å²) in [6, 6.07) is 5.55. The predicted octanol–water partition coefficient (Wildman–Crippen LogP) is 2.46. The lowest BCUT2D eigenvalue weighted by Gasteiger charge is -2.26. The Morgan fingerprint density at radius 2 is 2.00 bits per heavy atom. The number of amides is 1. The molecule has 1 N–H and O–H groups in total. The smallest absolute Gasteiger partial charge is 0.309 e. The minimum atomic E-state index is -0.922. The summed E-state index contributed by atoms with van der Waals surface area (Å²) in [6.45, 7) is 7.97. The molecule has 20 heavy (non-hydrogen) atoms. The Morgan fingerprint density at radius 1 is 1.40 bits per heavy atom. The topological polar surface area (TPSA) is 57.6 Å². The van der Waals surface area contributed by atoms with Crippen LogP contribution in [0.4, 0.5) is 0 Å². The van der Waals surface area contributed by atoms with Gasteiger partial charge in [0, 0.05) is 13.0 Å². The van der Waals surface area contributed by atoms with Gasteiger partial charge in [0.05, 0.1) is 12.0 Å².